The molecule has 134 valence electrons. The average Bonchev–Trinajstić information content (AvgIpc) is 2.68. The molecule has 2 N–H and O–H groups in total. The molecule has 26 heavy (non-hydrogen) atoms. The van der Waals surface area contributed by atoms with E-state index in [1.54, 1.807) is 0 Å². The van der Waals surface area contributed by atoms with Crippen LogP contribution in [-0.4, -0.2) is 24.2 Å². The van der Waals surface area contributed by atoms with Gasteiger partial charge in [0, 0.05) is 0 Å². The summed E-state index contributed by atoms with van der Waals surface area (Å²) in [6, 6.07) is 15.5. The van der Waals surface area contributed by atoms with E-state index >= 15 is 0 Å². The first-order valence-electron chi connectivity index (χ1n) is 8.46. The monoisotopic (exact) mass is 350 g/mol. The summed E-state index contributed by atoms with van der Waals surface area (Å²) >= 11 is 0. The molecule has 0 saturated carbocycles. The van der Waals surface area contributed by atoms with Gasteiger partial charge in [0.15, 0.2) is 0 Å². The van der Waals surface area contributed by atoms with Gasteiger partial charge in [0.05, 0.1) is 12.4 Å². The number of rotatable bonds is 6. The van der Waals surface area contributed by atoms with Crippen molar-refractivity contribution in [3.8, 4) is 0 Å². The molecule has 2 aromatic rings. The largest absolute Gasteiger partial charge is 0.331 e. The Labute approximate surface area is 153 Å². The second-order valence-electron chi connectivity index (χ2n) is 5.59. The quantitative estimate of drug-likeness (QED) is 0.476. The number of carbonyl (C=O) groups is 2. The summed E-state index contributed by atoms with van der Waals surface area (Å²) in [5.74, 6) is -1.77. The van der Waals surface area contributed by atoms with Crippen LogP contribution in [0, 0.1) is 0 Å². The maximum Gasteiger partial charge on any atom is 0.331 e. The van der Waals surface area contributed by atoms with Crippen molar-refractivity contribution >= 4 is 24.2 Å². The van der Waals surface area contributed by atoms with Crippen LogP contribution >= 0.6 is 0 Å². The Kier molecular flexibility index (Phi) is 7.24. The molecule has 2 amide bonds. The highest BCUT2D eigenvalue weighted by Gasteiger charge is 2.10. The zero-order valence-corrected chi connectivity index (χ0v) is 14.9. The third-order valence-electron chi connectivity index (χ3n) is 3.74. The van der Waals surface area contributed by atoms with E-state index in [2.05, 4.69) is 34.9 Å². The summed E-state index contributed by atoms with van der Waals surface area (Å²) in [6.07, 6.45) is 4.86. The summed E-state index contributed by atoms with van der Waals surface area (Å²) in [5, 5.41) is 7.53. The van der Waals surface area contributed by atoms with Gasteiger partial charge < -0.3 is 0 Å². The molecule has 6 nitrogen and oxygen atoms in total. The lowest BCUT2D eigenvalue weighted by Gasteiger charge is -2.00. The van der Waals surface area contributed by atoms with Gasteiger partial charge in [0.2, 0.25) is 0 Å². The van der Waals surface area contributed by atoms with E-state index < -0.39 is 11.8 Å². The minimum Gasteiger partial charge on any atom is -0.262 e. The fourth-order valence-corrected chi connectivity index (χ4v) is 2.11. The fourth-order valence-electron chi connectivity index (χ4n) is 2.11. The van der Waals surface area contributed by atoms with Gasteiger partial charge in [-0.05, 0) is 35.1 Å². The molecule has 2 rings (SSSR count). The van der Waals surface area contributed by atoms with Gasteiger partial charge in [-0.25, -0.2) is 10.9 Å². The Balaban J connectivity index is 1.79. The SMILES string of the molecule is CCc1ccc(/C=N/NC(=O)C(=O)N/N=C/c2ccc(CC)cc2)cc1. The van der Waals surface area contributed by atoms with Gasteiger partial charge in [-0.3, -0.25) is 9.59 Å². The first kappa shape index (κ1) is 19.1. The minimum absolute atomic E-state index is 0.830. The van der Waals surface area contributed by atoms with Crippen LogP contribution in [0.1, 0.15) is 36.1 Å². The number of amides is 2. The van der Waals surface area contributed by atoms with E-state index in [-0.39, 0.29) is 0 Å². The number of carbonyl (C=O) groups excluding carboxylic acids is 2. The molecule has 0 atom stereocenters. The maximum absolute atomic E-state index is 11.6. The molecule has 0 unspecified atom stereocenters. The smallest absolute Gasteiger partial charge is 0.262 e. The second kappa shape index (κ2) is 9.88. The number of aryl methyl sites for hydroxylation is 2. The molecule has 0 aliphatic heterocycles. The maximum atomic E-state index is 11.6. The molecular formula is C20H22N4O2. The summed E-state index contributed by atoms with van der Waals surface area (Å²) in [4.78, 5) is 23.3. The second-order valence-corrected chi connectivity index (χ2v) is 5.59. The topological polar surface area (TPSA) is 82.9 Å². The molecule has 0 aliphatic rings. The van der Waals surface area contributed by atoms with Crippen molar-refractivity contribution in [2.75, 3.05) is 0 Å². The Bertz CT molecular complexity index is 724. The molecule has 0 fully saturated rings. The summed E-state index contributed by atoms with van der Waals surface area (Å²) in [6.45, 7) is 4.15. The predicted octanol–water partition coefficient (Wildman–Crippen LogP) is 2.41. The number of nitrogens with zero attached hydrogens (tertiary/aromatic N) is 2. The van der Waals surface area contributed by atoms with Crippen LogP contribution in [0.3, 0.4) is 0 Å². The van der Waals surface area contributed by atoms with Crippen molar-refractivity contribution in [1.29, 1.82) is 0 Å². The predicted molar refractivity (Wildman–Crippen MR) is 103 cm³/mol. The lowest BCUT2D eigenvalue weighted by atomic mass is 10.1. The molecule has 0 bridgehead atoms. The zero-order chi connectivity index (χ0) is 18.8. The molecule has 0 heterocycles. The third-order valence-corrected chi connectivity index (χ3v) is 3.74. The first-order valence-corrected chi connectivity index (χ1v) is 8.46. The van der Waals surface area contributed by atoms with Crippen LogP contribution in [0.5, 0.6) is 0 Å². The number of hydrazone groups is 2. The van der Waals surface area contributed by atoms with Crippen molar-refractivity contribution in [2.45, 2.75) is 26.7 Å². The van der Waals surface area contributed by atoms with E-state index in [0.717, 1.165) is 24.0 Å². The molecule has 0 aliphatic carbocycles. The van der Waals surface area contributed by atoms with Crippen molar-refractivity contribution in [3.63, 3.8) is 0 Å². The minimum atomic E-state index is -0.884. The van der Waals surface area contributed by atoms with Crippen LogP contribution in [0.25, 0.3) is 0 Å². The Hall–Kier alpha value is -3.28. The highest BCUT2D eigenvalue weighted by molar-refractivity contribution is 6.35. The number of nitrogens with one attached hydrogen (secondary N) is 2. The lowest BCUT2D eigenvalue weighted by Crippen LogP contribution is -2.35. The molecule has 6 heteroatoms. The van der Waals surface area contributed by atoms with Crippen molar-refractivity contribution in [3.05, 3.63) is 70.8 Å². The van der Waals surface area contributed by atoms with E-state index in [1.165, 1.54) is 23.6 Å². The molecule has 2 aromatic carbocycles. The van der Waals surface area contributed by atoms with E-state index in [0.29, 0.717) is 0 Å². The van der Waals surface area contributed by atoms with Gasteiger partial charge in [0.25, 0.3) is 0 Å². The van der Waals surface area contributed by atoms with Crippen LogP contribution in [0.15, 0.2) is 58.7 Å². The van der Waals surface area contributed by atoms with Crippen LogP contribution in [0.4, 0.5) is 0 Å². The van der Waals surface area contributed by atoms with E-state index in [4.69, 9.17) is 0 Å². The van der Waals surface area contributed by atoms with Gasteiger partial charge in [0.1, 0.15) is 0 Å². The van der Waals surface area contributed by atoms with Crippen LogP contribution in [-0.2, 0) is 22.4 Å². The highest BCUT2D eigenvalue weighted by Crippen LogP contribution is 2.03. The van der Waals surface area contributed by atoms with E-state index in [1.807, 2.05) is 48.5 Å². The normalized spacial score (nSPS) is 11.0. The van der Waals surface area contributed by atoms with Gasteiger partial charge in [-0.2, -0.15) is 10.2 Å². The first-order chi connectivity index (χ1) is 12.6. The van der Waals surface area contributed by atoms with Gasteiger partial charge >= 0.3 is 11.8 Å². The van der Waals surface area contributed by atoms with Crippen LogP contribution in [0.2, 0.25) is 0 Å². The molecular weight excluding hydrogens is 328 g/mol. The Morgan fingerprint density at radius 1 is 0.731 bits per heavy atom. The summed E-state index contributed by atoms with van der Waals surface area (Å²) in [7, 11) is 0. The summed E-state index contributed by atoms with van der Waals surface area (Å²) < 4.78 is 0. The lowest BCUT2D eigenvalue weighted by molar-refractivity contribution is -0.139. The molecule has 0 spiro atoms. The van der Waals surface area contributed by atoms with Crippen LogP contribution < -0.4 is 10.9 Å². The van der Waals surface area contributed by atoms with Gasteiger partial charge in [-0.1, -0.05) is 62.4 Å². The molecule has 0 aromatic heterocycles. The molecule has 0 saturated heterocycles. The Morgan fingerprint density at radius 3 is 1.38 bits per heavy atom. The summed E-state index contributed by atoms with van der Waals surface area (Å²) in [5.41, 5.74) is 8.43. The fraction of sp³-hybridized carbons (Fsp3) is 0.200. The van der Waals surface area contributed by atoms with Crippen molar-refractivity contribution in [2.24, 2.45) is 10.2 Å². The molecule has 0 radical (unpaired) electrons. The van der Waals surface area contributed by atoms with Crippen molar-refractivity contribution < 1.29 is 9.59 Å². The highest BCUT2D eigenvalue weighted by atomic mass is 16.2. The number of hydrogen-bond donors (Lipinski definition) is 2. The Morgan fingerprint density at radius 2 is 1.08 bits per heavy atom. The standard InChI is InChI=1S/C20H22N4O2/c1-3-15-5-9-17(10-6-15)13-21-23-19(25)20(26)24-22-14-18-11-7-16(4-2)8-12-18/h5-14H,3-4H2,1-2H3,(H,23,25)(H,24,26)/b21-13+,22-14+. The van der Waals surface area contributed by atoms with Gasteiger partial charge in [-0.15, -0.1) is 0 Å². The number of hydrogen-bond acceptors (Lipinski definition) is 4. The zero-order valence-electron chi connectivity index (χ0n) is 14.9. The third kappa shape index (κ3) is 5.98. The number of benzene rings is 2. The van der Waals surface area contributed by atoms with E-state index in [9.17, 15) is 9.59 Å². The van der Waals surface area contributed by atoms with Crippen molar-refractivity contribution in [1.82, 2.24) is 10.9 Å². The average molecular weight is 350 g/mol.